The topological polar surface area (TPSA) is 54.4 Å². The van der Waals surface area contributed by atoms with Crippen LogP contribution in [0.2, 0.25) is 10.0 Å². The van der Waals surface area contributed by atoms with Crippen molar-refractivity contribution in [1.29, 1.82) is 0 Å². The molecule has 0 amide bonds. The van der Waals surface area contributed by atoms with Crippen molar-refractivity contribution in [1.82, 2.24) is 0 Å². The number of carboxylic acids is 1. The van der Waals surface area contributed by atoms with Crippen molar-refractivity contribution in [3.8, 4) is 0 Å². The number of aliphatic carboxylic acids is 1. The molecule has 20 heavy (non-hydrogen) atoms. The van der Waals surface area contributed by atoms with E-state index in [1.807, 2.05) is 0 Å². The Balaban J connectivity index is 2.16. The number of carboxylic acid groups (broad SMARTS) is 1. The Morgan fingerprint density at radius 3 is 2.30 bits per heavy atom. The van der Waals surface area contributed by atoms with Crippen molar-refractivity contribution in [2.24, 2.45) is 5.41 Å². The highest BCUT2D eigenvalue weighted by Crippen LogP contribution is 2.44. The second-order valence-corrected chi connectivity index (χ2v) is 6.32. The van der Waals surface area contributed by atoms with Crippen LogP contribution in [-0.2, 0) is 4.79 Å². The summed E-state index contributed by atoms with van der Waals surface area (Å²) in [5.41, 5.74) is 0.103. The Kier molecular flexibility index (Phi) is 4.71. The molecule has 1 saturated carbocycles. The highest BCUT2D eigenvalue weighted by molar-refractivity contribution is 6.42. The van der Waals surface area contributed by atoms with E-state index in [0.29, 0.717) is 15.6 Å². The predicted molar refractivity (Wildman–Crippen MR) is 78.6 cm³/mol. The molecule has 1 aliphatic rings. The number of ketones is 1. The monoisotopic (exact) mass is 314 g/mol. The summed E-state index contributed by atoms with van der Waals surface area (Å²) in [6.07, 6.45) is 3.89. The van der Waals surface area contributed by atoms with Gasteiger partial charge < -0.3 is 5.11 Å². The summed E-state index contributed by atoms with van der Waals surface area (Å²) >= 11 is 11.7. The molecule has 3 nitrogen and oxygen atoms in total. The van der Waals surface area contributed by atoms with E-state index in [4.69, 9.17) is 28.3 Å². The molecule has 2 rings (SSSR count). The van der Waals surface area contributed by atoms with Gasteiger partial charge in [-0.25, -0.2) is 0 Å². The largest absolute Gasteiger partial charge is 0.481 e. The van der Waals surface area contributed by atoms with E-state index < -0.39 is 11.4 Å². The molecule has 1 aromatic rings. The van der Waals surface area contributed by atoms with Crippen LogP contribution in [0.25, 0.3) is 0 Å². The number of hydrogen-bond donors (Lipinski definition) is 1. The van der Waals surface area contributed by atoms with Crippen molar-refractivity contribution in [2.75, 3.05) is 0 Å². The molecule has 0 spiro atoms. The minimum Gasteiger partial charge on any atom is -0.481 e. The first kappa shape index (κ1) is 15.3. The Hall–Kier alpha value is -1.06. The predicted octanol–water partition coefficient (Wildman–Crippen LogP) is 4.60. The lowest BCUT2D eigenvalue weighted by molar-refractivity contribution is -0.139. The highest BCUT2D eigenvalue weighted by Gasteiger charge is 2.38. The molecule has 1 N–H and O–H groups in total. The Labute approximate surface area is 127 Å². The first-order chi connectivity index (χ1) is 9.42. The van der Waals surface area contributed by atoms with E-state index in [0.717, 1.165) is 25.7 Å². The van der Waals surface area contributed by atoms with Crippen LogP contribution < -0.4 is 0 Å². The number of carbonyl (C=O) groups excluding carboxylic acids is 1. The molecule has 0 radical (unpaired) electrons. The molecule has 0 aliphatic heterocycles. The van der Waals surface area contributed by atoms with Crippen molar-refractivity contribution in [2.45, 2.75) is 38.5 Å². The minimum atomic E-state index is -0.839. The lowest BCUT2D eigenvalue weighted by atomic mass is 9.77. The van der Waals surface area contributed by atoms with E-state index in [2.05, 4.69) is 0 Å². The van der Waals surface area contributed by atoms with Gasteiger partial charge in [0.1, 0.15) is 0 Å². The summed E-state index contributed by atoms with van der Waals surface area (Å²) in [5, 5.41) is 9.80. The van der Waals surface area contributed by atoms with Gasteiger partial charge in [0, 0.05) is 12.0 Å². The summed E-state index contributed by atoms with van der Waals surface area (Å²) in [6, 6.07) is 4.78. The number of rotatable bonds is 5. The van der Waals surface area contributed by atoms with E-state index in [-0.39, 0.29) is 18.6 Å². The summed E-state index contributed by atoms with van der Waals surface area (Å²) in [7, 11) is 0. The van der Waals surface area contributed by atoms with Crippen LogP contribution >= 0.6 is 23.2 Å². The van der Waals surface area contributed by atoms with Crippen molar-refractivity contribution in [3.05, 3.63) is 33.8 Å². The molecule has 0 unspecified atom stereocenters. The number of hydrogen-bond acceptors (Lipinski definition) is 2. The van der Waals surface area contributed by atoms with Gasteiger partial charge in [-0.15, -0.1) is 0 Å². The lowest BCUT2D eigenvalue weighted by Crippen LogP contribution is -2.24. The van der Waals surface area contributed by atoms with Crippen LogP contribution in [0.3, 0.4) is 0 Å². The average molecular weight is 315 g/mol. The van der Waals surface area contributed by atoms with Gasteiger partial charge in [-0.2, -0.15) is 0 Å². The van der Waals surface area contributed by atoms with Crippen LogP contribution in [0.1, 0.15) is 48.9 Å². The van der Waals surface area contributed by atoms with E-state index in [1.165, 1.54) is 0 Å². The van der Waals surface area contributed by atoms with E-state index in [1.54, 1.807) is 18.2 Å². The summed E-state index contributed by atoms with van der Waals surface area (Å²) in [6.45, 7) is 0. The van der Waals surface area contributed by atoms with Gasteiger partial charge in [-0.05, 0) is 36.5 Å². The first-order valence-corrected chi connectivity index (χ1v) is 7.38. The second kappa shape index (κ2) is 6.15. The third-order valence-electron chi connectivity index (χ3n) is 3.97. The molecule has 5 heteroatoms. The van der Waals surface area contributed by atoms with Crippen LogP contribution in [0.5, 0.6) is 0 Å². The van der Waals surface area contributed by atoms with Gasteiger partial charge >= 0.3 is 5.97 Å². The van der Waals surface area contributed by atoms with Gasteiger partial charge in [-0.3, -0.25) is 9.59 Å². The maximum Gasteiger partial charge on any atom is 0.303 e. The van der Waals surface area contributed by atoms with Gasteiger partial charge in [0.15, 0.2) is 5.78 Å². The van der Waals surface area contributed by atoms with Crippen molar-refractivity contribution < 1.29 is 14.7 Å². The van der Waals surface area contributed by atoms with Crippen LogP contribution in [-0.4, -0.2) is 16.9 Å². The number of halogens is 2. The van der Waals surface area contributed by atoms with Gasteiger partial charge in [0.25, 0.3) is 0 Å². The quantitative estimate of drug-likeness (QED) is 0.808. The van der Waals surface area contributed by atoms with E-state index in [9.17, 15) is 9.59 Å². The molecule has 0 heterocycles. The zero-order valence-electron chi connectivity index (χ0n) is 11.0. The van der Waals surface area contributed by atoms with Crippen molar-refractivity contribution >= 4 is 35.0 Å². The number of benzene rings is 1. The minimum absolute atomic E-state index is 0.0556. The fourth-order valence-corrected chi connectivity index (χ4v) is 3.27. The van der Waals surface area contributed by atoms with Crippen LogP contribution in [0.15, 0.2) is 18.2 Å². The fourth-order valence-electron chi connectivity index (χ4n) is 2.97. The molecule has 0 atom stereocenters. The highest BCUT2D eigenvalue weighted by atomic mass is 35.5. The zero-order chi connectivity index (χ0) is 14.8. The smallest absolute Gasteiger partial charge is 0.303 e. The molecular formula is C15H16Cl2O3. The summed E-state index contributed by atoms with van der Waals surface area (Å²) in [5.74, 6) is -0.902. The first-order valence-electron chi connectivity index (χ1n) is 6.62. The maximum atomic E-state index is 12.4. The number of Topliss-reactive ketones (excluding diaryl/α,β-unsaturated/α-hetero) is 1. The van der Waals surface area contributed by atoms with E-state index >= 15 is 0 Å². The molecule has 1 aliphatic carbocycles. The average Bonchev–Trinajstić information content (AvgIpc) is 2.79. The Morgan fingerprint density at radius 2 is 1.75 bits per heavy atom. The Bertz CT molecular complexity index is 534. The van der Waals surface area contributed by atoms with Crippen LogP contribution in [0, 0.1) is 5.41 Å². The molecule has 108 valence electrons. The second-order valence-electron chi connectivity index (χ2n) is 5.51. The molecule has 1 aromatic carbocycles. The third-order valence-corrected chi connectivity index (χ3v) is 4.71. The number of carbonyl (C=O) groups is 2. The molecule has 1 fully saturated rings. The standard InChI is InChI=1S/C15H16Cl2O3/c16-11-4-3-10(7-12(11)17)13(18)8-15(9-14(19)20)5-1-2-6-15/h3-4,7H,1-2,5-6,8-9H2,(H,19,20). The zero-order valence-corrected chi connectivity index (χ0v) is 12.5. The van der Waals surface area contributed by atoms with Gasteiger partial charge in [0.2, 0.25) is 0 Å². The Morgan fingerprint density at radius 1 is 1.10 bits per heavy atom. The lowest BCUT2D eigenvalue weighted by Gasteiger charge is -2.26. The third kappa shape index (κ3) is 3.53. The fraction of sp³-hybridized carbons (Fsp3) is 0.467. The van der Waals surface area contributed by atoms with Gasteiger partial charge in [0.05, 0.1) is 16.5 Å². The van der Waals surface area contributed by atoms with Crippen LogP contribution in [0.4, 0.5) is 0 Å². The van der Waals surface area contributed by atoms with Crippen molar-refractivity contribution in [3.63, 3.8) is 0 Å². The molecular weight excluding hydrogens is 299 g/mol. The molecule has 0 saturated heterocycles. The normalized spacial score (nSPS) is 17.1. The maximum absolute atomic E-state index is 12.4. The van der Waals surface area contributed by atoms with Gasteiger partial charge in [-0.1, -0.05) is 36.0 Å². The summed E-state index contributed by atoms with van der Waals surface area (Å²) in [4.78, 5) is 23.4. The SMILES string of the molecule is O=C(O)CC1(CC(=O)c2ccc(Cl)c(Cl)c2)CCCC1. The summed E-state index contributed by atoms with van der Waals surface area (Å²) < 4.78 is 0. The molecule has 0 bridgehead atoms. The molecule has 0 aromatic heterocycles.